The molecule has 3 rings (SSSR count). The van der Waals surface area contributed by atoms with Gasteiger partial charge in [-0.25, -0.2) is 0 Å². The average molecular weight is 152 g/mol. The number of rotatable bonds is 0. The van der Waals surface area contributed by atoms with Crippen LogP contribution in [0.25, 0.3) is 0 Å². The third-order valence-electron chi connectivity index (χ3n) is 4.40. The fraction of sp³-hybridized carbons (Fsp3) is 1.00. The number of aliphatic hydroxyl groups excluding tert-OH is 1. The molecule has 3 aliphatic rings. The summed E-state index contributed by atoms with van der Waals surface area (Å²) >= 11 is 0. The predicted molar refractivity (Wildman–Crippen MR) is 43.1 cm³/mol. The van der Waals surface area contributed by atoms with E-state index in [4.69, 9.17) is 0 Å². The summed E-state index contributed by atoms with van der Waals surface area (Å²) in [5.74, 6) is 3.60. The highest BCUT2D eigenvalue weighted by atomic mass is 16.3. The molecule has 0 amide bonds. The van der Waals surface area contributed by atoms with Gasteiger partial charge in [-0.05, 0) is 55.8 Å². The van der Waals surface area contributed by atoms with Gasteiger partial charge in [0, 0.05) is 0 Å². The maximum atomic E-state index is 9.72. The Labute approximate surface area is 67.8 Å². The summed E-state index contributed by atoms with van der Waals surface area (Å²) in [5, 5.41) is 9.72. The average Bonchev–Trinajstić information content (AvgIpc) is 2.60. The van der Waals surface area contributed by atoms with Gasteiger partial charge < -0.3 is 5.11 Å². The van der Waals surface area contributed by atoms with Crippen LogP contribution in [0.1, 0.15) is 32.1 Å². The first-order valence-electron chi connectivity index (χ1n) is 5.04. The summed E-state index contributed by atoms with van der Waals surface area (Å²) in [6.45, 7) is 0. The van der Waals surface area contributed by atoms with Crippen LogP contribution in [0.4, 0.5) is 0 Å². The molecule has 2 bridgehead atoms. The van der Waals surface area contributed by atoms with Gasteiger partial charge in [0.25, 0.3) is 0 Å². The van der Waals surface area contributed by atoms with Gasteiger partial charge in [0.15, 0.2) is 0 Å². The van der Waals surface area contributed by atoms with Crippen LogP contribution in [-0.4, -0.2) is 11.2 Å². The van der Waals surface area contributed by atoms with Crippen molar-refractivity contribution in [2.24, 2.45) is 23.7 Å². The smallest absolute Gasteiger partial charge is 0.0573 e. The molecular formula is C10H16O. The summed E-state index contributed by atoms with van der Waals surface area (Å²) in [6, 6.07) is 0. The lowest BCUT2D eigenvalue weighted by molar-refractivity contribution is 0.0863. The number of aliphatic hydroxyl groups is 1. The van der Waals surface area contributed by atoms with E-state index < -0.39 is 0 Å². The third kappa shape index (κ3) is 0.703. The van der Waals surface area contributed by atoms with E-state index in [2.05, 4.69) is 0 Å². The van der Waals surface area contributed by atoms with Gasteiger partial charge in [-0.1, -0.05) is 0 Å². The summed E-state index contributed by atoms with van der Waals surface area (Å²) in [6.07, 6.45) is 6.85. The Morgan fingerprint density at radius 1 is 0.909 bits per heavy atom. The highest BCUT2D eigenvalue weighted by molar-refractivity contribution is 5.02. The molecule has 3 aliphatic carbocycles. The molecule has 0 saturated heterocycles. The lowest BCUT2D eigenvalue weighted by atomic mass is 9.81. The molecule has 5 atom stereocenters. The van der Waals surface area contributed by atoms with Crippen molar-refractivity contribution < 1.29 is 5.11 Å². The predicted octanol–water partition coefficient (Wildman–Crippen LogP) is 1.80. The van der Waals surface area contributed by atoms with Gasteiger partial charge in [-0.15, -0.1) is 0 Å². The monoisotopic (exact) mass is 152 g/mol. The van der Waals surface area contributed by atoms with E-state index in [-0.39, 0.29) is 6.10 Å². The maximum absolute atomic E-state index is 9.72. The van der Waals surface area contributed by atoms with Crippen molar-refractivity contribution in [2.45, 2.75) is 38.2 Å². The first-order chi connectivity index (χ1) is 5.36. The van der Waals surface area contributed by atoms with E-state index in [1.807, 2.05) is 0 Å². The Balaban J connectivity index is 1.91. The molecule has 0 radical (unpaired) electrons. The van der Waals surface area contributed by atoms with Gasteiger partial charge >= 0.3 is 0 Å². The summed E-state index contributed by atoms with van der Waals surface area (Å²) in [7, 11) is 0. The van der Waals surface area contributed by atoms with Crippen LogP contribution in [0.2, 0.25) is 0 Å². The number of fused-ring (bicyclic) bond motifs is 5. The minimum absolute atomic E-state index is 0.0790. The molecule has 1 heteroatoms. The van der Waals surface area contributed by atoms with Crippen LogP contribution >= 0.6 is 0 Å². The van der Waals surface area contributed by atoms with Gasteiger partial charge in [-0.2, -0.15) is 0 Å². The molecule has 0 aromatic rings. The van der Waals surface area contributed by atoms with E-state index in [1.54, 1.807) is 0 Å². The van der Waals surface area contributed by atoms with Crippen molar-refractivity contribution >= 4 is 0 Å². The number of hydrogen-bond donors (Lipinski definition) is 1. The van der Waals surface area contributed by atoms with Crippen molar-refractivity contribution in [2.75, 3.05) is 0 Å². The Hall–Kier alpha value is -0.0400. The van der Waals surface area contributed by atoms with Crippen LogP contribution in [0, 0.1) is 23.7 Å². The maximum Gasteiger partial charge on any atom is 0.0573 e. The fourth-order valence-corrected chi connectivity index (χ4v) is 4.04. The van der Waals surface area contributed by atoms with Crippen molar-refractivity contribution in [1.82, 2.24) is 0 Å². The largest absolute Gasteiger partial charge is 0.393 e. The summed E-state index contributed by atoms with van der Waals surface area (Å²) in [5.41, 5.74) is 0. The van der Waals surface area contributed by atoms with E-state index in [0.29, 0.717) is 0 Å². The highest BCUT2D eigenvalue weighted by Crippen LogP contribution is 2.58. The van der Waals surface area contributed by atoms with Gasteiger partial charge in [-0.3, -0.25) is 0 Å². The SMILES string of the molecule is O[C@@H]1CC[C@H]2[C@H]3CC[C@@H](C3)[C@H]21. The summed E-state index contributed by atoms with van der Waals surface area (Å²) < 4.78 is 0. The molecule has 0 heterocycles. The molecule has 11 heavy (non-hydrogen) atoms. The van der Waals surface area contributed by atoms with E-state index in [1.165, 1.54) is 25.7 Å². The van der Waals surface area contributed by atoms with E-state index in [9.17, 15) is 5.11 Å². The molecular weight excluding hydrogens is 136 g/mol. The molecule has 0 aliphatic heterocycles. The fourth-order valence-electron chi connectivity index (χ4n) is 4.04. The van der Waals surface area contributed by atoms with Gasteiger partial charge in [0.1, 0.15) is 0 Å². The molecule has 0 spiro atoms. The molecule has 3 saturated carbocycles. The lowest BCUT2D eigenvalue weighted by Crippen LogP contribution is -2.24. The second-order valence-corrected chi connectivity index (χ2v) is 4.72. The zero-order valence-corrected chi connectivity index (χ0v) is 6.87. The van der Waals surface area contributed by atoms with E-state index in [0.717, 1.165) is 30.1 Å². The van der Waals surface area contributed by atoms with Crippen molar-refractivity contribution in [3.63, 3.8) is 0 Å². The quantitative estimate of drug-likeness (QED) is 0.561. The van der Waals surface area contributed by atoms with Crippen LogP contribution in [0.5, 0.6) is 0 Å². The van der Waals surface area contributed by atoms with Crippen molar-refractivity contribution in [1.29, 1.82) is 0 Å². The van der Waals surface area contributed by atoms with Crippen molar-refractivity contribution in [3.8, 4) is 0 Å². The Morgan fingerprint density at radius 2 is 1.73 bits per heavy atom. The normalized spacial score (nSPS) is 60.3. The highest BCUT2D eigenvalue weighted by Gasteiger charge is 2.52. The molecule has 1 N–H and O–H groups in total. The second kappa shape index (κ2) is 2.01. The third-order valence-corrected chi connectivity index (χ3v) is 4.40. The zero-order chi connectivity index (χ0) is 7.42. The van der Waals surface area contributed by atoms with Crippen LogP contribution < -0.4 is 0 Å². The minimum atomic E-state index is 0.0790. The lowest BCUT2D eigenvalue weighted by Gasteiger charge is -2.26. The molecule has 62 valence electrons. The standard InChI is InChI=1S/C10H16O/c11-9-4-3-8-6-1-2-7(5-6)10(8)9/h6-11H,1-5H2/t6-,7-,8-,9+,10+/m0/s1. The second-order valence-electron chi connectivity index (χ2n) is 4.72. The Morgan fingerprint density at radius 3 is 2.55 bits per heavy atom. The first-order valence-corrected chi connectivity index (χ1v) is 5.04. The molecule has 0 aromatic heterocycles. The first kappa shape index (κ1) is 6.47. The topological polar surface area (TPSA) is 20.2 Å². The summed E-state index contributed by atoms with van der Waals surface area (Å²) in [4.78, 5) is 0. The van der Waals surface area contributed by atoms with Crippen LogP contribution in [-0.2, 0) is 0 Å². The molecule has 1 nitrogen and oxygen atoms in total. The Bertz CT molecular complexity index is 178. The Kier molecular flexibility index (Phi) is 1.18. The molecule has 0 aromatic carbocycles. The minimum Gasteiger partial charge on any atom is -0.393 e. The van der Waals surface area contributed by atoms with E-state index >= 15 is 0 Å². The van der Waals surface area contributed by atoms with Crippen molar-refractivity contribution in [3.05, 3.63) is 0 Å². The zero-order valence-electron chi connectivity index (χ0n) is 6.87. The van der Waals surface area contributed by atoms with Gasteiger partial charge in [0.05, 0.1) is 6.10 Å². The number of hydrogen-bond acceptors (Lipinski definition) is 1. The molecule has 3 fully saturated rings. The van der Waals surface area contributed by atoms with Crippen LogP contribution in [0.3, 0.4) is 0 Å². The van der Waals surface area contributed by atoms with Crippen LogP contribution in [0.15, 0.2) is 0 Å². The molecule has 0 unspecified atom stereocenters. The van der Waals surface area contributed by atoms with Gasteiger partial charge in [0.2, 0.25) is 0 Å².